The lowest BCUT2D eigenvalue weighted by atomic mass is 9.94. The number of rotatable bonds is 3. The van der Waals surface area contributed by atoms with Crippen LogP contribution >= 0.6 is 0 Å². The van der Waals surface area contributed by atoms with Gasteiger partial charge in [-0.2, -0.15) is 0 Å². The molecule has 0 aliphatic carbocycles. The number of hydrogen-bond acceptors (Lipinski definition) is 2. The molecular weight excluding hydrogens is 182 g/mol. The topological polar surface area (TPSA) is 57.6 Å². The third kappa shape index (κ3) is 2.05. The second-order valence-corrected chi connectivity index (χ2v) is 4.37. The van der Waals surface area contributed by atoms with Gasteiger partial charge in [-0.25, -0.2) is 4.79 Å². The molecule has 4 nitrogen and oxygen atoms in total. The molecule has 0 saturated carbocycles. The maximum absolute atomic E-state index is 11.6. The van der Waals surface area contributed by atoms with Gasteiger partial charge in [0.1, 0.15) is 6.04 Å². The van der Waals surface area contributed by atoms with Crippen molar-refractivity contribution in [1.82, 2.24) is 4.90 Å². The fourth-order valence-corrected chi connectivity index (χ4v) is 2.00. The maximum atomic E-state index is 11.6. The summed E-state index contributed by atoms with van der Waals surface area (Å²) in [5.41, 5.74) is 0. The number of carbonyl (C=O) groups excluding carboxylic acids is 1. The van der Waals surface area contributed by atoms with Crippen LogP contribution in [0.3, 0.4) is 0 Å². The van der Waals surface area contributed by atoms with E-state index in [0.717, 1.165) is 6.42 Å². The van der Waals surface area contributed by atoms with E-state index >= 15 is 0 Å². The number of likely N-dealkylation sites (N-methyl/N-ethyl adjacent to an activating group) is 1. The Hall–Kier alpha value is -1.06. The zero-order valence-corrected chi connectivity index (χ0v) is 8.86. The van der Waals surface area contributed by atoms with Crippen LogP contribution in [-0.4, -0.2) is 35.0 Å². The van der Waals surface area contributed by atoms with E-state index in [1.165, 1.54) is 4.90 Å². The Kier molecular flexibility index (Phi) is 3.13. The van der Waals surface area contributed by atoms with Gasteiger partial charge in [-0.1, -0.05) is 13.8 Å². The third-order valence-electron chi connectivity index (χ3n) is 2.71. The van der Waals surface area contributed by atoms with Crippen molar-refractivity contribution in [3.05, 3.63) is 0 Å². The Balaban J connectivity index is 2.67. The largest absolute Gasteiger partial charge is 0.480 e. The van der Waals surface area contributed by atoms with Crippen molar-refractivity contribution in [3.63, 3.8) is 0 Å². The van der Waals surface area contributed by atoms with E-state index < -0.39 is 12.0 Å². The Morgan fingerprint density at radius 2 is 2.21 bits per heavy atom. The zero-order valence-electron chi connectivity index (χ0n) is 8.86. The predicted molar refractivity (Wildman–Crippen MR) is 51.8 cm³/mol. The first-order valence-corrected chi connectivity index (χ1v) is 4.93. The summed E-state index contributed by atoms with van der Waals surface area (Å²) in [5, 5.41) is 8.86. The van der Waals surface area contributed by atoms with Gasteiger partial charge in [-0.05, 0) is 18.8 Å². The van der Waals surface area contributed by atoms with E-state index in [9.17, 15) is 9.59 Å². The van der Waals surface area contributed by atoms with Gasteiger partial charge in [0, 0.05) is 13.0 Å². The fourth-order valence-electron chi connectivity index (χ4n) is 2.00. The molecule has 2 atom stereocenters. The fraction of sp³-hybridized carbons (Fsp3) is 0.800. The molecule has 0 aromatic carbocycles. The molecule has 1 rings (SSSR count). The molecule has 1 aliphatic heterocycles. The summed E-state index contributed by atoms with van der Waals surface area (Å²) in [5.74, 6) is -0.579. The lowest BCUT2D eigenvalue weighted by molar-refractivity contribution is -0.145. The summed E-state index contributed by atoms with van der Waals surface area (Å²) in [7, 11) is 1.57. The molecule has 14 heavy (non-hydrogen) atoms. The third-order valence-corrected chi connectivity index (χ3v) is 2.71. The highest BCUT2D eigenvalue weighted by molar-refractivity contribution is 5.88. The van der Waals surface area contributed by atoms with Gasteiger partial charge < -0.3 is 10.0 Å². The average molecular weight is 199 g/mol. The standard InChI is InChI=1S/C10H17NO3/c1-6(2)4-7-5-8(10(13)14)11(3)9(7)12/h6-8H,4-5H2,1-3H3,(H,13,14). The van der Waals surface area contributed by atoms with Crippen LogP contribution in [0, 0.1) is 11.8 Å². The molecule has 0 aromatic rings. The van der Waals surface area contributed by atoms with Crippen LogP contribution in [0.15, 0.2) is 0 Å². The lowest BCUT2D eigenvalue weighted by Gasteiger charge is -2.14. The molecule has 2 unspecified atom stereocenters. The van der Waals surface area contributed by atoms with Crippen LogP contribution < -0.4 is 0 Å². The first-order chi connectivity index (χ1) is 6.43. The van der Waals surface area contributed by atoms with Crippen molar-refractivity contribution < 1.29 is 14.7 Å². The molecule has 0 bridgehead atoms. The first-order valence-electron chi connectivity index (χ1n) is 4.93. The molecular formula is C10H17NO3. The minimum absolute atomic E-state index is 0.0221. The van der Waals surface area contributed by atoms with Crippen molar-refractivity contribution >= 4 is 11.9 Å². The summed E-state index contributed by atoms with van der Waals surface area (Å²) in [6.07, 6.45) is 1.25. The summed E-state index contributed by atoms with van der Waals surface area (Å²) in [4.78, 5) is 23.8. The minimum atomic E-state index is -0.896. The smallest absolute Gasteiger partial charge is 0.326 e. The molecule has 1 heterocycles. The molecule has 1 N–H and O–H groups in total. The summed E-state index contributed by atoms with van der Waals surface area (Å²) in [6, 6.07) is -0.619. The van der Waals surface area contributed by atoms with Gasteiger partial charge in [-0.3, -0.25) is 4.79 Å². The van der Waals surface area contributed by atoms with Gasteiger partial charge in [0.05, 0.1) is 0 Å². The number of carbonyl (C=O) groups is 2. The molecule has 1 aliphatic rings. The highest BCUT2D eigenvalue weighted by Gasteiger charge is 2.40. The van der Waals surface area contributed by atoms with Crippen LogP contribution in [0.1, 0.15) is 26.7 Å². The van der Waals surface area contributed by atoms with E-state index in [2.05, 4.69) is 0 Å². The van der Waals surface area contributed by atoms with Crippen LogP contribution in [0.4, 0.5) is 0 Å². The summed E-state index contributed by atoms with van der Waals surface area (Å²) in [6.45, 7) is 4.09. The van der Waals surface area contributed by atoms with Crippen molar-refractivity contribution in [2.45, 2.75) is 32.7 Å². The van der Waals surface area contributed by atoms with Gasteiger partial charge in [-0.15, -0.1) is 0 Å². The molecule has 1 saturated heterocycles. The molecule has 1 fully saturated rings. The van der Waals surface area contributed by atoms with Crippen LogP contribution in [0.2, 0.25) is 0 Å². The van der Waals surface area contributed by atoms with Gasteiger partial charge in [0.25, 0.3) is 0 Å². The van der Waals surface area contributed by atoms with Gasteiger partial charge >= 0.3 is 5.97 Å². The van der Waals surface area contributed by atoms with E-state index in [0.29, 0.717) is 12.3 Å². The normalized spacial score (nSPS) is 27.4. The van der Waals surface area contributed by atoms with Crippen LogP contribution in [0.25, 0.3) is 0 Å². The number of hydrogen-bond donors (Lipinski definition) is 1. The molecule has 4 heteroatoms. The van der Waals surface area contributed by atoms with E-state index in [1.807, 2.05) is 13.8 Å². The lowest BCUT2D eigenvalue weighted by Crippen LogP contribution is -2.35. The number of amides is 1. The monoisotopic (exact) mass is 199 g/mol. The zero-order chi connectivity index (χ0) is 10.9. The van der Waals surface area contributed by atoms with Gasteiger partial charge in [0.15, 0.2) is 0 Å². The number of carboxylic acids is 1. The van der Waals surface area contributed by atoms with E-state index in [-0.39, 0.29) is 11.8 Å². The van der Waals surface area contributed by atoms with Crippen LogP contribution in [0.5, 0.6) is 0 Å². The number of nitrogens with zero attached hydrogens (tertiary/aromatic N) is 1. The molecule has 1 amide bonds. The highest BCUT2D eigenvalue weighted by atomic mass is 16.4. The second-order valence-electron chi connectivity index (χ2n) is 4.37. The van der Waals surface area contributed by atoms with Gasteiger partial charge in [0.2, 0.25) is 5.91 Å². The predicted octanol–water partition coefficient (Wildman–Crippen LogP) is 0.964. The molecule has 80 valence electrons. The molecule has 0 aromatic heterocycles. The Morgan fingerprint density at radius 3 is 2.57 bits per heavy atom. The summed E-state index contributed by atoms with van der Waals surface area (Å²) < 4.78 is 0. The Bertz CT molecular complexity index is 250. The highest BCUT2D eigenvalue weighted by Crippen LogP contribution is 2.28. The first kappa shape index (κ1) is 11.0. The number of likely N-dealkylation sites (tertiary alicyclic amines) is 1. The second kappa shape index (κ2) is 3.98. The quantitative estimate of drug-likeness (QED) is 0.736. The molecule has 0 radical (unpaired) electrons. The Morgan fingerprint density at radius 1 is 1.64 bits per heavy atom. The minimum Gasteiger partial charge on any atom is -0.480 e. The van der Waals surface area contributed by atoms with Crippen molar-refractivity contribution in [1.29, 1.82) is 0 Å². The maximum Gasteiger partial charge on any atom is 0.326 e. The van der Waals surface area contributed by atoms with Crippen LogP contribution in [-0.2, 0) is 9.59 Å². The summed E-state index contributed by atoms with van der Waals surface area (Å²) >= 11 is 0. The van der Waals surface area contributed by atoms with Crippen molar-refractivity contribution in [2.24, 2.45) is 11.8 Å². The number of carboxylic acid groups (broad SMARTS) is 1. The number of aliphatic carboxylic acids is 1. The van der Waals surface area contributed by atoms with Crippen molar-refractivity contribution in [2.75, 3.05) is 7.05 Å². The molecule has 0 spiro atoms. The average Bonchev–Trinajstić information content (AvgIpc) is 2.32. The Labute approximate surface area is 83.9 Å². The van der Waals surface area contributed by atoms with E-state index in [4.69, 9.17) is 5.11 Å². The van der Waals surface area contributed by atoms with E-state index in [1.54, 1.807) is 7.05 Å². The SMILES string of the molecule is CC(C)CC1CC(C(=O)O)N(C)C1=O. The van der Waals surface area contributed by atoms with Crippen molar-refractivity contribution in [3.8, 4) is 0 Å².